The van der Waals surface area contributed by atoms with Crippen LogP contribution in [0.4, 0.5) is 0 Å². The lowest BCUT2D eigenvalue weighted by Gasteiger charge is -2.17. The molecule has 2 aromatic heterocycles. The number of aryl methyl sites for hydroxylation is 1. The van der Waals surface area contributed by atoms with E-state index in [9.17, 15) is 4.79 Å². The summed E-state index contributed by atoms with van der Waals surface area (Å²) in [5.74, 6) is 0.128. The van der Waals surface area contributed by atoms with E-state index in [1.165, 1.54) is 10.3 Å². The third-order valence-corrected chi connectivity index (χ3v) is 4.93. The minimum Gasteiger partial charge on any atom is -0.344 e. The molecule has 0 aliphatic heterocycles. The monoisotopic (exact) mass is 313 g/mol. The number of nitrogens with zero attached hydrogens (tertiary/aromatic N) is 3. The predicted octanol–water partition coefficient (Wildman–Crippen LogP) is 3.11. The zero-order valence-electron chi connectivity index (χ0n) is 12.8. The number of para-hydroxylation sites is 1. The van der Waals surface area contributed by atoms with Gasteiger partial charge in [-0.05, 0) is 24.4 Å². The molecular weight excluding hydrogens is 294 g/mol. The Labute approximate surface area is 134 Å². The Hall–Kier alpha value is -2.14. The third-order valence-electron chi connectivity index (χ3n) is 3.93. The molecule has 4 nitrogen and oxygen atoms in total. The first-order chi connectivity index (χ1) is 10.6. The van der Waals surface area contributed by atoms with Crippen LogP contribution in [0.1, 0.15) is 10.6 Å². The maximum absolute atomic E-state index is 12.4. The minimum absolute atomic E-state index is 0.128. The normalized spacial score (nSPS) is 11.0. The molecule has 0 radical (unpaired) electrons. The Bertz CT molecular complexity index is 790. The van der Waals surface area contributed by atoms with Crippen molar-refractivity contribution >= 4 is 28.1 Å². The molecule has 114 valence electrons. The van der Waals surface area contributed by atoms with Gasteiger partial charge in [-0.3, -0.25) is 4.79 Å². The molecule has 0 fully saturated rings. The molecule has 2 heterocycles. The van der Waals surface area contributed by atoms with Crippen LogP contribution in [0.2, 0.25) is 0 Å². The van der Waals surface area contributed by atoms with E-state index < -0.39 is 0 Å². The highest BCUT2D eigenvalue weighted by Crippen LogP contribution is 2.16. The summed E-state index contributed by atoms with van der Waals surface area (Å²) in [5.41, 5.74) is 4.03. The van der Waals surface area contributed by atoms with Gasteiger partial charge in [-0.15, -0.1) is 11.3 Å². The average molecular weight is 313 g/mol. The second-order valence-corrected chi connectivity index (χ2v) is 6.37. The number of likely N-dealkylation sites (N-methyl/N-ethyl adjacent to an activating group) is 1. The van der Waals surface area contributed by atoms with E-state index >= 15 is 0 Å². The largest absolute Gasteiger partial charge is 0.344 e. The highest BCUT2D eigenvalue weighted by molar-refractivity contribution is 7.09. The lowest BCUT2D eigenvalue weighted by molar-refractivity contribution is -0.130. The molecule has 0 unspecified atom stereocenters. The van der Waals surface area contributed by atoms with Crippen molar-refractivity contribution in [2.75, 3.05) is 13.6 Å². The summed E-state index contributed by atoms with van der Waals surface area (Å²) >= 11 is 1.66. The second kappa shape index (κ2) is 6.32. The van der Waals surface area contributed by atoms with Crippen molar-refractivity contribution < 1.29 is 4.79 Å². The van der Waals surface area contributed by atoms with Crippen LogP contribution < -0.4 is 0 Å². The molecule has 22 heavy (non-hydrogen) atoms. The fraction of sp³-hybridized carbons (Fsp3) is 0.294. The first-order valence-corrected chi connectivity index (χ1v) is 8.20. The van der Waals surface area contributed by atoms with Crippen LogP contribution >= 0.6 is 11.3 Å². The van der Waals surface area contributed by atoms with Crippen molar-refractivity contribution in [3.05, 3.63) is 52.6 Å². The standard InChI is InChI=1S/C17H19N3OS/c1-13-16(22-12-18-13)8-9-19(2)17(21)11-20-10-7-14-5-3-4-6-15(14)20/h3-7,10,12H,8-9,11H2,1-2H3. The van der Waals surface area contributed by atoms with Crippen LogP contribution in [-0.4, -0.2) is 34.0 Å². The van der Waals surface area contributed by atoms with E-state index in [1.54, 1.807) is 16.2 Å². The van der Waals surface area contributed by atoms with Crippen LogP contribution in [0, 0.1) is 6.92 Å². The summed E-state index contributed by atoms with van der Waals surface area (Å²) in [6.45, 7) is 3.12. The van der Waals surface area contributed by atoms with Gasteiger partial charge in [-0.2, -0.15) is 0 Å². The minimum atomic E-state index is 0.128. The van der Waals surface area contributed by atoms with E-state index in [2.05, 4.69) is 11.1 Å². The van der Waals surface area contributed by atoms with E-state index in [0.29, 0.717) is 6.54 Å². The lowest BCUT2D eigenvalue weighted by Crippen LogP contribution is -2.31. The fourth-order valence-corrected chi connectivity index (χ4v) is 3.28. The Balaban J connectivity index is 1.62. The Morgan fingerprint density at radius 1 is 1.32 bits per heavy atom. The van der Waals surface area contributed by atoms with E-state index in [4.69, 9.17) is 0 Å². The van der Waals surface area contributed by atoms with Gasteiger partial charge in [0.05, 0.1) is 11.2 Å². The molecule has 0 saturated heterocycles. The molecule has 1 aromatic carbocycles. The van der Waals surface area contributed by atoms with Crippen LogP contribution in [0.5, 0.6) is 0 Å². The van der Waals surface area contributed by atoms with Crippen LogP contribution in [0.25, 0.3) is 10.9 Å². The van der Waals surface area contributed by atoms with Gasteiger partial charge in [-0.25, -0.2) is 4.98 Å². The molecule has 5 heteroatoms. The van der Waals surface area contributed by atoms with Crippen molar-refractivity contribution in [1.29, 1.82) is 0 Å². The summed E-state index contributed by atoms with van der Waals surface area (Å²) in [5, 5.41) is 1.17. The number of amides is 1. The fourth-order valence-electron chi connectivity index (χ4n) is 2.50. The van der Waals surface area contributed by atoms with Crippen molar-refractivity contribution in [3.63, 3.8) is 0 Å². The third kappa shape index (κ3) is 3.04. The highest BCUT2D eigenvalue weighted by atomic mass is 32.1. The average Bonchev–Trinajstić information content (AvgIpc) is 3.12. The molecular formula is C17H19N3OS. The van der Waals surface area contributed by atoms with E-state index in [0.717, 1.165) is 24.2 Å². The van der Waals surface area contributed by atoms with Gasteiger partial charge in [0.2, 0.25) is 5.91 Å². The van der Waals surface area contributed by atoms with Crippen LogP contribution in [0.3, 0.4) is 0 Å². The molecule has 0 bridgehead atoms. The molecule has 0 aliphatic carbocycles. The highest BCUT2D eigenvalue weighted by Gasteiger charge is 2.12. The summed E-state index contributed by atoms with van der Waals surface area (Å²) in [7, 11) is 1.87. The SMILES string of the molecule is Cc1ncsc1CCN(C)C(=O)Cn1ccc2ccccc21. The zero-order valence-corrected chi connectivity index (χ0v) is 13.6. The Morgan fingerprint density at radius 2 is 2.14 bits per heavy atom. The van der Waals surface area contributed by atoms with Gasteiger partial charge >= 0.3 is 0 Å². The van der Waals surface area contributed by atoms with E-state index in [1.807, 2.05) is 54.5 Å². The Kier molecular flexibility index (Phi) is 4.24. The number of hydrogen-bond donors (Lipinski definition) is 0. The van der Waals surface area contributed by atoms with Crippen LogP contribution in [-0.2, 0) is 17.8 Å². The van der Waals surface area contributed by atoms with Gasteiger partial charge < -0.3 is 9.47 Å². The van der Waals surface area contributed by atoms with Crippen LogP contribution in [0.15, 0.2) is 42.0 Å². The van der Waals surface area contributed by atoms with Gasteiger partial charge in [0, 0.05) is 36.6 Å². The number of rotatable bonds is 5. The van der Waals surface area contributed by atoms with Gasteiger partial charge in [0.1, 0.15) is 6.54 Å². The first-order valence-electron chi connectivity index (χ1n) is 7.32. The number of hydrogen-bond acceptors (Lipinski definition) is 3. The molecule has 3 rings (SSSR count). The van der Waals surface area contributed by atoms with Crippen molar-refractivity contribution in [3.8, 4) is 0 Å². The number of thiazole rings is 1. The summed E-state index contributed by atoms with van der Waals surface area (Å²) < 4.78 is 2.01. The number of carbonyl (C=O) groups is 1. The number of benzene rings is 1. The van der Waals surface area contributed by atoms with E-state index in [-0.39, 0.29) is 5.91 Å². The molecule has 0 atom stereocenters. The number of carbonyl (C=O) groups excluding carboxylic acids is 1. The molecule has 3 aromatic rings. The maximum Gasteiger partial charge on any atom is 0.242 e. The first kappa shape index (κ1) is 14.8. The molecule has 0 saturated carbocycles. The van der Waals surface area contributed by atoms with Gasteiger partial charge in [0.15, 0.2) is 0 Å². The smallest absolute Gasteiger partial charge is 0.242 e. The quantitative estimate of drug-likeness (QED) is 0.726. The molecule has 0 spiro atoms. The van der Waals surface area contributed by atoms with Crippen molar-refractivity contribution in [2.24, 2.45) is 0 Å². The summed E-state index contributed by atoms with van der Waals surface area (Å²) in [6, 6.07) is 10.2. The lowest BCUT2D eigenvalue weighted by atomic mass is 10.2. The molecule has 0 N–H and O–H groups in total. The second-order valence-electron chi connectivity index (χ2n) is 5.43. The predicted molar refractivity (Wildman–Crippen MR) is 90.1 cm³/mol. The van der Waals surface area contributed by atoms with Gasteiger partial charge in [0.25, 0.3) is 0 Å². The molecule has 1 amide bonds. The summed E-state index contributed by atoms with van der Waals surface area (Å²) in [6.07, 6.45) is 2.84. The zero-order chi connectivity index (χ0) is 15.5. The van der Waals surface area contributed by atoms with Crippen molar-refractivity contribution in [1.82, 2.24) is 14.5 Å². The Morgan fingerprint density at radius 3 is 2.91 bits per heavy atom. The topological polar surface area (TPSA) is 38.1 Å². The maximum atomic E-state index is 12.4. The summed E-state index contributed by atoms with van der Waals surface area (Å²) in [4.78, 5) is 19.7. The van der Waals surface area contributed by atoms with Crippen molar-refractivity contribution in [2.45, 2.75) is 19.9 Å². The van der Waals surface area contributed by atoms with Gasteiger partial charge in [-0.1, -0.05) is 18.2 Å². The number of aromatic nitrogens is 2. The number of fused-ring (bicyclic) bond motifs is 1. The molecule has 0 aliphatic rings.